The Morgan fingerprint density at radius 1 is 1.29 bits per heavy atom. The molecule has 2 aromatic heterocycles. The van der Waals surface area contributed by atoms with Crippen LogP contribution in [0.25, 0.3) is 10.2 Å². The molecule has 0 radical (unpaired) electrons. The number of ether oxygens (including phenoxy) is 1. The maximum Gasteiger partial charge on any atom is 0.348 e. The van der Waals surface area contributed by atoms with Gasteiger partial charge in [0.1, 0.15) is 16.3 Å². The van der Waals surface area contributed by atoms with Gasteiger partial charge in [0.15, 0.2) is 0 Å². The summed E-state index contributed by atoms with van der Waals surface area (Å²) in [6, 6.07) is 0.0527. The summed E-state index contributed by atoms with van der Waals surface area (Å²) in [5.41, 5.74) is 0.227. The molecule has 0 aliphatic heterocycles. The second-order valence-corrected chi connectivity index (χ2v) is 8.43. The van der Waals surface area contributed by atoms with Crippen molar-refractivity contribution in [3.05, 3.63) is 27.1 Å². The summed E-state index contributed by atoms with van der Waals surface area (Å²) in [6.45, 7) is 9.93. The summed E-state index contributed by atoms with van der Waals surface area (Å²) in [6.07, 6.45) is 4.44. The number of carbonyl (C=O) groups excluding carboxylic acids is 2. The fourth-order valence-electron chi connectivity index (χ4n) is 3.04. The summed E-state index contributed by atoms with van der Waals surface area (Å²) in [5.74, 6) is -0.0339. The minimum absolute atomic E-state index is 0.0527. The second-order valence-electron chi connectivity index (χ2n) is 7.43. The maximum absolute atomic E-state index is 12.8. The van der Waals surface area contributed by atoms with E-state index in [2.05, 4.69) is 24.1 Å². The molecular weight excluding hydrogens is 378 g/mol. The molecule has 2 rings (SSSR count). The first kappa shape index (κ1) is 22.1. The van der Waals surface area contributed by atoms with Crippen LogP contribution >= 0.6 is 11.3 Å². The van der Waals surface area contributed by atoms with E-state index in [1.54, 1.807) is 13.8 Å². The van der Waals surface area contributed by atoms with Crippen molar-refractivity contribution in [1.29, 1.82) is 0 Å². The summed E-state index contributed by atoms with van der Waals surface area (Å²) in [5, 5.41) is 3.30. The number of thiophene rings is 1. The van der Waals surface area contributed by atoms with Gasteiger partial charge in [0.2, 0.25) is 5.91 Å². The maximum atomic E-state index is 12.8. The van der Waals surface area contributed by atoms with Crippen LogP contribution in [0.4, 0.5) is 0 Å². The Hall–Kier alpha value is -2.22. The van der Waals surface area contributed by atoms with E-state index < -0.39 is 5.97 Å². The fraction of sp³-hybridized carbons (Fsp3) is 0.600. The molecule has 154 valence electrons. The molecular formula is C20H29N3O4S. The van der Waals surface area contributed by atoms with E-state index in [1.165, 1.54) is 10.9 Å². The van der Waals surface area contributed by atoms with Crippen LogP contribution in [-0.2, 0) is 16.1 Å². The third kappa shape index (κ3) is 5.41. The number of nitrogens with one attached hydrogen (secondary N) is 1. The van der Waals surface area contributed by atoms with Gasteiger partial charge in [-0.05, 0) is 38.7 Å². The number of aryl methyl sites for hydroxylation is 1. The van der Waals surface area contributed by atoms with Crippen molar-refractivity contribution in [1.82, 2.24) is 14.9 Å². The van der Waals surface area contributed by atoms with Crippen LogP contribution in [0.3, 0.4) is 0 Å². The Bertz CT molecular complexity index is 901. The van der Waals surface area contributed by atoms with Crippen molar-refractivity contribution >= 4 is 33.4 Å². The molecule has 0 aromatic carbocycles. The molecule has 8 heteroatoms. The van der Waals surface area contributed by atoms with E-state index in [9.17, 15) is 14.4 Å². The van der Waals surface area contributed by atoms with E-state index >= 15 is 0 Å². The summed E-state index contributed by atoms with van der Waals surface area (Å²) in [4.78, 5) is 42.3. The van der Waals surface area contributed by atoms with E-state index in [4.69, 9.17) is 4.74 Å². The average Bonchev–Trinajstić information content (AvgIpc) is 2.94. The van der Waals surface area contributed by atoms with E-state index in [-0.39, 0.29) is 30.7 Å². The van der Waals surface area contributed by atoms with Gasteiger partial charge < -0.3 is 10.1 Å². The standard InChI is InChI=1S/C20H29N3O4S/c1-6-27-20(26)17-14(5)16-18(28-17)21-11-23(19(16)25)10-15(24)22-13(4)9-7-8-12(2)3/h11-13H,6-10H2,1-5H3,(H,22,24)/t13-/m0/s1. The minimum Gasteiger partial charge on any atom is -0.462 e. The Morgan fingerprint density at radius 2 is 2.00 bits per heavy atom. The third-order valence-electron chi connectivity index (χ3n) is 4.52. The Labute approximate surface area is 169 Å². The lowest BCUT2D eigenvalue weighted by molar-refractivity contribution is -0.122. The molecule has 0 spiro atoms. The normalized spacial score (nSPS) is 12.4. The molecule has 0 unspecified atom stereocenters. The van der Waals surface area contributed by atoms with Crippen LogP contribution in [0.15, 0.2) is 11.1 Å². The largest absolute Gasteiger partial charge is 0.462 e. The molecule has 1 atom stereocenters. The SMILES string of the molecule is CCOC(=O)c1sc2ncn(CC(=O)N[C@@H](C)CCCC(C)C)c(=O)c2c1C. The minimum atomic E-state index is -0.457. The molecule has 0 fully saturated rings. The Kier molecular flexibility index (Phi) is 7.74. The molecule has 0 aliphatic rings. The first-order valence-electron chi connectivity index (χ1n) is 9.69. The van der Waals surface area contributed by atoms with E-state index in [1.807, 2.05) is 6.92 Å². The van der Waals surface area contributed by atoms with Crippen molar-refractivity contribution in [2.24, 2.45) is 5.92 Å². The zero-order valence-electron chi connectivity index (χ0n) is 17.2. The van der Waals surface area contributed by atoms with Crippen LogP contribution in [0.1, 0.15) is 62.2 Å². The number of nitrogens with zero attached hydrogens (tertiary/aromatic N) is 2. The third-order valence-corrected chi connectivity index (χ3v) is 5.70. The number of rotatable bonds is 9. The molecule has 28 heavy (non-hydrogen) atoms. The van der Waals surface area contributed by atoms with Crippen molar-refractivity contribution in [2.45, 2.75) is 66.5 Å². The Balaban J connectivity index is 2.12. The first-order valence-corrected chi connectivity index (χ1v) is 10.5. The second kappa shape index (κ2) is 9.82. The molecule has 0 bridgehead atoms. The molecule has 1 N–H and O–H groups in total. The number of hydrogen-bond acceptors (Lipinski definition) is 6. The van der Waals surface area contributed by atoms with Crippen molar-refractivity contribution < 1.29 is 14.3 Å². The fourth-order valence-corrected chi connectivity index (χ4v) is 4.08. The zero-order chi connectivity index (χ0) is 20.8. The lowest BCUT2D eigenvalue weighted by atomic mass is 10.0. The molecule has 0 saturated carbocycles. The van der Waals surface area contributed by atoms with E-state index in [0.29, 0.717) is 26.6 Å². The highest BCUT2D eigenvalue weighted by Gasteiger charge is 2.21. The highest BCUT2D eigenvalue weighted by atomic mass is 32.1. The van der Waals surface area contributed by atoms with Gasteiger partial charge in [0.05, 0.1) is 18.3 Å². The van der Waals surface area contributed by atoms with Crippen LogP contribution in [0.2, 0.25) is 0 Å². The predicted molar refractivity (Wildman–Crippen MR) is 111 cm³/mol. The van der Waals surface area contributed by atoms with Gasteiger partial charge in [-0.25, -0.2) is 9.78 Å². The summed E-state index contributed by atoms with van der Waals surface area (Å²) >= 11 is 1.14. The van der Waals surface area contributed by atoms with Gasteiger partial charge in [-0.15, -0.1) is 11.3 Å². The van der Waals surface area contributed by atoms with Gasteiger partial charge >= 0.3 is 5.97 Å². The predicted octanol–water partition coefficient (Wildman–Crippen LogP) is 3.27. The first-order chi connectivity index (χ1) is 13.2. The number of carbonyl (C=O) groups is 2. The summed E-state index contributed by atoms with van der Waals surface area (Å²) < 4.78 is 6.32. The van der Waals surface area contributed by atoms with Crippen molar-refractivity contribution in [2.75, 3.05) is 6.61 Å². The molecule has 2 aromatic rings. The molecule has 0 saturated heterocycles. The van der Waals surface area contributed by atoms with Gasteiger partial charge in [0.25, 0.3) is 5.56 Å². The smallest absolute Gasteiger partial charge is 0.348 e. The van der Waals surface area contributed by atoms with Crippen LogP contribution in [-0.4, -0.2) is 34.1 Å². The zero-order valence-corrected chi connectivity index (χ0v) is 18.0. The summed E-state index contributed by atoms with van der Waals surface area (Å²) in [7, 11) is 0. The van der Waals surface area contributed by atoms with Crippen LogP contribution < -0.4 is 10.9 Å². The number of hydrogen-bond donors (Lipinski definition) is 1. The van der Waals surface area contributed by atoms with Gasteiger partial charge in [-0.2, -0.15) is 0 Å². The monoisotopic (exact) mass is 407 g/mol. The highest BCUT2D eigenvalue weighted by molar-refractivity contribution is 7.20. The van der Waals surface area contributed by atoms with Gasteiger partial charge in [-0.3, -0.25) is 14.2 Å². The Morgan fingerprint density at radius 3 is 2.64 bits per heavy atom. The van der Waals surface area contributed by atoms with Crippen LogP contribution in [0, 0.1) is 12.8 Å². The highest BCUT2D eigenvalue weighted by Crippen LogP contribution is 2.27. The lowest BCUT2D eigenvalue weighted by Crippen LogP contribution is -2.37. The van der Waals surface area contributed by atoms with Crippen LogP contribution in [0.5, 0.6) is 0 Å². The number of fused-ring (bicyclic) bond motifs is 1. The van der Waals surface area contributed by atoms with E-state index in [0.717, 1.165) is 30.6 Å². The molecule has 7 nitrogen and oxygen atoms in total. The van der Waals surface area contributed by atoms with Crippen molar-refractivity contribution in [3.8, 4) is 0 Å². The number of amides is 1. The van der Waals surface area contributed by atoms with Gasteiger partial charge in [-0.1, -0.05) is 26.7 Å². The molecule has 1 amide bonds. The molecule has 0 aliphatic carbocycles. The van der Waals surface area contributed by atoms with Gasteiger partial charge in [0, 0.05) is 6.04 Å². The quantitative estimate of drug-likeness (QED) is 0.644. The number of esters is 1. The number of aromatic nitrogens is 2. The average molecular weight is 408 g/mol. The lowest BCUT2D eigenvalue weighted by Gasteiger charge is -2.15. The molecule has 2 heterocycles. The van der Waals surface area contributed by atoms with Crippen molar-refractivity contribution in [3.63, 3.8) is 0 Å². The topological polar surface area (TPSA) is 90.3 Å².